The fourth-order valence-electron chi connectivity index (χ4n) is 1.95. The van der Waals surface area contributed by atoms with E-state index in [9.17, 15) is 0 Å². The third-order valence-electron chi connectivity index (χ3n) is 3.08. The Bertz CT molecular complexity index is 605. The van der Waals surface area contributed by atoms with E-state index in [1.807, 2.05) is 30.3 Å². The zero-order valence-electron chi connectivity index (χ0n) is 13.5. The van der Waals surface area contributed by atoms with Gasteiger partial charge >= 0.3 is 0 Å². The molecule has 0 unspecified atom stereocenters. The minimum atomic E-state index is 0. The zero-order valence-corrected chi connectivity index (χ0v) is 15.8. The number of hydrogen-bond donors (Lipinski definition) is 2. The summed E-state index contributed by atoms with van der Waals surface area (Å²) in [5.41, 5.74) is 2.28. The van der Waals surface area contributed by atoms with Crippen LogP contribution >= 0.6 is 24.0 Å². The van der Waals surface area contributed by atoms with Crippen molar-refractivity contribution < 1.29 is 4.74 Å². The Kier molecular flexibility index (Phi) is 9.04. The van der Waals surface area contributed by atoms with Crippen LogP contribution in [0.2, 0.25) is 0 Å². The fraction of sp³-hybridized carbons (Fsp3) is 0.294. The molecule has 0 saturated heterocycles. The molecule has 0 aliphatic carbocycles. The van der Waals surface area contributed by atoms with Crippen molar-refractivity contribution in [3.8, 4) is 5.88 Å². The highest BCUT2D eigenvalue weighted by Crippen LogP contribution is 2.09. The van der Waals surface area contributed by atoms with Crippen LogP contribution in [-0.2, 0) is 13.1 Å². The Labute approximate surface area is 154 Å². The fourth-order valence-corrected chi connectivity index (χ4v) is 1.95. The molecule has 0 amide bonds. The average Bonchev–Trinajstić information content (AvgIpc) is 2.58. The molecule has 1 aromatic carbocycles. The van der Waals surface area contributed by atoms with Crippen LogP contribution in [0.1, 0.15) is 18.1 Å². The first-order valence-electron chi connectivity index (χ1n) is 7.37. The lowest BCUT2D eigenvalue weighted by atomic mass is 10.2. The van der Waals surface area contributed by atoms with Crippen LogP contribution in [-0.4, -0.2) is 24.6 Å². The number of rotatable bonds is 6. The first-order valence-corrected chi connectivity index (χ1v) is 7.37. The number of halogens is 1. The van der Waals surface area contributed by atoms with Crippen LogP contribution in [0.4, 0.5) is 0 Å². The van der Waals surface area contributed by atoms with Crippen molar-refractivity contribution in [2.24, 2.45) is 4.99 Å². The Morgan fingerprint density at radius 1 is 1.13 bits per heavy atom. The van der Waals surface area contributed by atoms with Crippen molar-refractivity contribution in [3.05, 3.63) is 59.8 Å². The maximum atomic E-state index is 5.12. The molecule has 1 heterocycles. The molecule has 0 spiro atoms. The molecule has 0 aliphatic rings. The molecule has 0 fully saturated rings. The maximum Gasteiger partial charge on any atom is 0.213 e. The monoisotopic (exact) mass is 426 g/mol. The molecular formula is C17H23IN4O. The molecule has 124 valence electrons. The van der Waals surface area contributed by atoms with Gasteiger partial charge in [-0.2, -0.15) is 0 Å². The number of nitrogens with one attached hydrogen (secondary N) is 2. The van der Waals surface area contributed by atoms with E-state index in [4.69, 9.17) is 4.74 Å². The highest BCUT2D eigenvalue weighted by Gasteiger charge is 2.00. The second kappa shape index (κ2) is 10.8. The third-order valence-corrected chi connectivity index (χ3v) is 3.08. The zero-order chi connectivity index (χ0) is 15.6. The van der Waals surface area contributed by atoms with E-state index in [0.29, 0.717) is 12.4 Å². The molecule has 1 aromatic heterocycles. The molecule has 6 heteroatoms. The minimum Gasteiger partial charge on any atom is -0.481 e. The quantitative estimate of drug-likeness (QED) is 0.424. The van der Waals surface area contributed by atoms with Gasteiger partial charge in [0.05, 0.1) is 13.7 Å². The van der Waals surface area contributed by atoms with Gasteiger partial charge in [0.25, 0.3) is 0 Å². The van der Waals surface area contributed by atoms with Gasteiger partial charge in [0.1, 0.15) is 0 Å². The molecule has 0 aliphatic heterocycles. The first kappa shape index (κ1) is 19.2. The van der Waals surface area contributed by atoms with E-state index < -0.39 is 0 Å². The Morgan fingerprint density at radius 2 is 1.91 bits per heavy atom. The van der Waals surface area contributed by atoms with Gasteiger partial charge in [-0.3, -0.25) is 0 Å². The highest BCUT2D eigenvalue weighted by molar-refractivity contribution is 14.0. The van der Waals surface area contributed by atoms with E-state index >= 15 is 0 Å². The van der Waals surface area contributed by atoms with Crippen molar-refractivity contribution in [1.29, 1.82) is 0 Å². The van der Waals surface area contributed by atoms with Gasteiger partial charge in [-0.25, -0.2) is 9.98 Å². The second-order valence-corrected chi connectivity index (χ2v) is 4.74. The number of pyridine rings is 1. The number of nitrogens with zero attached hydrogens (tertiary/aromatic N) is 2. The van der Waals surface area contributed by atoms with Crippen LogP contribution in [0.5, 0.6) is 5.88 Å². The molecule has 0 bridgehead atoms. The van der Waals surface area contributed by atoms with Gasteiger partial charge in [-0.1, -0.05) is 30.3 Å². The molecule has 2 aromatic rings. The second-order valence-electron chi connectivity index (χ2n) is 4.74. The van der Waals surface area contributed by atoms with E-state index in [0.717, 1.165) is 24.6 Å². The molecule has 2 rings (SSSR count). The number of guanidine groups is 1. The lowest BCUT2D eigenvalue weighted by Crippen LogP contribution is -2.36. The molecular weight excluding hydrogens is 403 g/mol. The summed E-state index contributed by atoms with van der Waals surface area (Å²) in [4.78, 5) is 8.68. The number of aromatic nitrogens is 1. The Morgan fingerprint density at radius 3 is 2.61 bits per heavy atom. The summed E-state index contributed by atoms with van der Waals surface area (Å²) >= 11 is 0. The summed E-state index contributed by atoms with van der Waals surface area (Å²) in [6.45, 7) is 4.19. The highest BCUT2D eigenvalue weighted by atomic mass is 127. The predicted octanol–water partition coefficient (Wildman–Crippen LogP) is 2.96. The Hall–Kier alpha value is -1.83. The number of benzene rings is 1. The SMILES string of the molecule is CCNC(=NCc1ccnc(OC)c1)NCc1ccccc1.I. The average molecular weight is 426 g/mol. The van der Waals surface area contributed by atoms with Crippen LogP contribution in [0.15, 0.2) is 53.7 Å². The number of aliphatic imine (C=N–C) groups is 1. The molecule has 2 N–H and O–H groups in total. The van der Waals surface area contributed by atoms with Crippen molar-refractivity contribution in [3.63, 3.8) is 0 Å². The smallest absolute Gasteiger partial charge is 0.213 e. The van der Waals surface area contributed by atoms with Crippen molar-refractivity contribution >= 4 is 29.9 Å². The summed E-state index contributed by atoms with van der Waals surface area (Å²) in [6.07, 6.45) is 1.73. The van der Waals surface area contributed by atoms with Crippen molar-refractivity contribution in [1.82, 2.24) is 15.6 Å². The lowest BCUT2D eigenvalue weighted by molar-refractivity contribution is 0.397. The minimum absolute atomic E-state index is 0. The number of hydrogen-bond acceptors (Lipinski definition) is 3. The topological polar surface area (TPSA) is 58.5 Å². The van der Waals surface area contributed by atoms with Crippen LogP contribution in [0, 0.1) is 0 Å². The van der Waals surface area contributed by atoms with E-state index in [-0.39, 0.29) is 24.0 Å². The summed E-state index contributed by atoms with van der Waals surface area (Å²) in [5.74, 6) is 1.40. The van der Waals surface area contributed by atoms with Gasteiger partial charge in [0.15, 0.2) is 5.96 Å². The van der Waals surface area contributed by atoms with Gasteiger partial charge in [-0.15, -0.1) is 24.0 Å². The van der Waals surface area contributed by atoms with Gasteiger partial charge in [-0.05, 0) is 24.1 Å². The van der Waals surface area contributed by atoms with E-state index in [1.54, 1.807) is 13.3 Å². The third kappa shape index (κ3) is 6.85. The predicted molar refractivity (Wildman–Crippen MR) is 104 cm³/mol. The standard InChI is InChI=1S/C17H22N4O.HI/c1-3-18-17(20-12-14-7-5-4-6-8-14)21-13-15-9-10-19-16(11-15)22-2;/h4-11H,3,12-13H2,1-2H3,(H2,18,20,21);1H. The summed E-state index contributed by atoms with van der Waals surface area (Å²) in [5, 5.41) is 6.57. The molecule has 0 saturated carbocycles. The Balaban J connectivity index is 0.00000264. The van der Waals surface area contributed by atoms with Gasteiger partial charge in [0, 0.05) is 25.4 Å². The summed E-state index contributed by atoms with van der Waals surface area (Å²) in [7, 11) is 1.61. The van der Waals surface area contributed by atoms with Crippen LogP contribution in [0.3, 0.4) is 0 Å². The number of methoxy groups -OCH3 is 1. The molecule has 23 heavy (non-hydrogen) atoms. The normalized spacial score (nSPS) is 10.6. The first-order chi connectivity index (χ1) is 10.8. The van der Waals surface area contributed by atoms with Gasteiger partial charge in [0.2, 0.25) is 5.88 Å². The summed E-state index contributed by atoms with van der Waals surface area (Å²) < 4.78 is 5.12. The van der Waals surface area contributed by atoms with Crippen LogP contribution in [0.25, 0.3) is 0 Å². The van der Waals surface area contributed by atoms with E-state index in [2.05, 4.69) is 39.7 Å². The molecule has 0 atom stereocenters. The van der Waals surface area contributed by atoms with Gasteiger partial charge < -0.3 is 15.4 Å². The maximum absolute atomic E-state index is 5.12. The molecule has 5 nitrogen and oxygen atoms in total. The van der Waals surface area contributed by atoms with Crippen molar-refractivity contribution in [2.75, 3.05) is 13.7 Å². The van der Waals surface area contributed by atoms with Crippen LogP contribution < -0.4 is 15.4 Å². The van der Waals surface area contributed by atoms with E-state index in [1.165, 1.54) is 5.56 Å². The largest absolute Gasteiger partial charge is 0.481 e. The lowest BCUT2D eigenvalue weighted by Gasteiger charge is -2.11. The van der Waals surface area contributed by atoms with Crippen molar-refractivity contribution in [2.45, 2.75) is 20.0 Å². The summed E-state index contributed by atoms with van der Waals surface area (Å²) in [6, 6.07) is 14.1. The number of ether oxygens (including phenoxy) is 1. The molecule has 0 radical (unpaired) electrons.